The van der Waals surface area contributed by atoms with Crippen LogP contribution in [0, 0.1) is 6.92 Å². The summed E-state index contributed by atoms with van der Waals surface area (Å²) in [4.78, 5) is 26.4. The zero-order valence-corrected chi connectivity index (χ0v) is 18.3. The molecule has 0 aliphatic heterocycles. The molecule has 32 heavy (non-hydrogen) atoms. The first kappa shape index (κ1) is 21.5. The molecule has 2 N–H and O–H groups in total. The van der Waals surface area contributed by atoms with Gasteiger partial charge in [-0.05, 0) is 54.4 Å². The Morgan fingerprint density at radius 1 is 0.844 bits per heavy atom. The fourth-order valence-corrected chi connectivity index (χ4v) is 4.28. The molecule has 1 atom stereocenters. The molecule has 2 amide bonds. The van der Waals surface area contributed by atoms with Crippen LogP contribution in [0.15, 0.2) is 107 Å². The third-order valence-corrected chi connectivity index (χ3v) is 6.08. The second-order valence-corrected chi connectivity index (χ2v) is 8.35. The monoisotopic (exact) mass is 442 g/mol. The predicted octanol–water partition coefficient (Wildman–Crippen LogP) is 6.31. The number of aryl methyl sites for hydroxylation is 1. The van der Waals surface area contributed by atoms with Gasteiger partial charge in [0.05, 0.1) is 6.26 Å². The molecule has 5 nitrogen and oxygen atoms in total. The fourth-order valence-electron chi connectivity index (χ4n) is 3.20. The third-order valence-electron chi connectivity index (χ3n) is 4.83. The number of carbonyl (C=O) groups is 2. The van der Waals surface area contributed by atoms with Crippen molar-refractivity contribution in [2.45, 2.75) is 17.1 Å². The highest BCUT2D eigenvalue weighted by Crippen LogP contribution is 2.37. The van der Waals surface area contributed by atoms with E-state index in [2.05, 4.69) is 10.6 Å². The van der Waals surface area contributed by atoms with Crippen LogP contribution in [-0.2, 0) is 4.79 Å². The summed E-state index contributed by atoms with van der Waals surface area (Å²) in [5, 5.41) is 5.41. The van der Waals surface area contributed by atoms with Crippen molar-refractivity contribution >= 4 is 35.0 Å². The summed E-state index contributed by atoms with van der Waals surface area (Å²) in [5.41, 5.74) is 3.31. The van der Waals surface area contributed by atoms with Crippen LogP contribution in [0.2, 0.25) is 0 Å². The smallest absolute Gasteiger partial charge is 0.291 e. The number of hydrogen-bond donors (Lipinski definition) is 2. The minimum absolute atomic E-state index is 0.111. The van der Waals surface area contributed by atoms with E-state index in [9.17, 15) is 9.59 Å². The Labute approximate surface area is 190 Å². The lowest BCUT2D eigenvalue weighted by atomic mass is 10.1. The van der Waals surface area contributed by atoms with Gasteiger partial charge >= 0.3 is 0 Å². The van der Waals surface area contributed by atoms with Crippen LogP contribution in [0.1, 0.15) is 26.9 Å². The summed E-state index contributed by atoms with van der Waals surface area (Å²) >= 11 is 1.43. The number of anilines is 2. The average Bonchev–Trinajstić information content (AvgIpc) is 3.35. The maximum atomic E-state index is 13.3. The van der Waals surface area contributed by atoms with Crippen molar-refractivity contribution in [3.63, 3.8) is 0 Å². The maximum absolute atomic E-state index is 13.3. The van der Waals surface area contributed by atoms with Gasteiger partial charge in [0.1, 0.15) is 5.25 Å². The van der Waals surface area contributed by atoms with Gasteiger partial charge in [0.2, 0.25) is 5.91 Å². The van der Waals surface area contributed by atoms with E-state index < -0.39 is 5.25 Å². The van der Waals surface area contributed by atoms with E-state index >= 15 is 0 Å². The Morgan fingerprint density at radius 3 is 2.38 bits per heavy atom. The molecule has 1 unspecified atom stereocenters. The molecule has 0 fully saturated rings. The van der Waals surface area contributed by atoms with E-state index in [0.717, 1.165) is 21.7 Å². The van der Waals surface area contributed by atoms with Crippen molar-refractivity contribution in [3.05, 3.63) is 114 Å². The van der Waals surface area contributed by atoms with Crippen LogP contribution < -0.4 is 10.6 Å². The molecule has 0 radical (unpaired) electrons. The van der Waals surface area contributed by atoms with E-state index in [0.29, 0.717) is 5.69 Å². The molecule has 0 saturated carbocycles. The number of thioether (sulfide) groups is 1. The zero-order valence-electron chi connectivity index (χ0n) is 17.4. The minimum Gasteiger partial charge on any atom is -0.459 e. The molecule has 1 heterocycles. The fraction of sp³-hybridized carbons (Fsp3) is 0.0769. The van der Waals surface area contributed by atoms with Gasteiger partial charge in [-0.15, -0.1) is 11.8 Å². The average molecular weight is 443 g/mol. The normalized spacial score (nSPS) is 11.5. The van der Waals surface area contributed by atoms with Crippen molar-refractivity contribution in [2.24, 2.45) is 0 Å². The third kappa shape index (κ3) is 5.28. The lowest BCUT2D eigenvalue weighted by Gasteiger charge is -2.18. The number of rotatable bonds is 7. The Morgan fingerprint density at radius 2 is 1.62 bits per heavy atom. The number of nitrogens with one attached hydrogen (secondary N) is 2. The van der Waals surface area contributed by atoms with E-state index in [4.69, 9.17) is 4.42 Å². The molecule has 1 aromatic heterocycles. The molecule has 4 aromatic rings. The van der Waals surface area contributed by atoms with Gasteiger partial charge in [-0.3, -0.25) is 9.59 Å². The lowest BCUT2D eigenvalue weighted by Crippen LogP contribution is -2.19. The van der Waals surface area contributed by atoms with E-state index in [1.807, 2.05) is 79.7 Å². The molecule has 0 bridgehead atoms. The summed E-state index contributed by atoms with van der Waals surface area (Å²) in [5.74, 6) is -0.197. The van der Waals surface area contributed by atoms with E-state index in [-0.39, 0.29) is 17.6 Å². The van der Waals surface area contributed by atoms with Crippen LogP contribution in [0.25, 0.3) is 0 Å². The first-order valence-electron chi connectivity index (χ1n) is 10.1. The first-order chi connectivity index (χ1) is 15.6. The molecule has 4 rings (SSSR count). The number of amides is 2. The van der Waals surface area contributed by atoms with E-state index in [1.165, 1.54) is 18.0 Å². The number of carbonyl (C=O) groups excluding carboxylic acids is 2. The van der Waals surface area contributed by atoms with Crippen molar-refractivity contribution in [3.8, 4) is 0 Å². The van der Waals surface area contributed by atoms with Crippen LogP contribution in [0.3, 0.4) is 0 Å². The molecule has 6 heteroatoms. The molecule has 160 valence electrons. The highest BCUT2D eigenvalue weighted by molar-refractivity contribution is 8.00. The molecule has 0 aliphatic carbocycles. The van der Waals surface area contributed by atoms with Gasteiger partial charge in [0.15, 0.2) is 5.76 Å². The van der Waals surface area contributed by atoms with Crippen molar-refractivity contribution in [2.75, 3.05) is 10.6 Å². The van der Waals surface area contributed by atoms with Crippen LogP contribution >= 0.6 is 11.8 Å². The van der Waals surface area contributed by atoms with Crippen molar-refractivity contribution in [1.29, 1.82) is 0 Å². The van der Waals surface area contributed by atoms with Crippen LogP contribution in [0.5, 0.6) is 0 Å². The Balaban J connectivity index is 1.55. The molecule has 0 aliphatic rings. The van der Waals surface area contributed by atoms with Crippen LogP contribution in [0.4, 0.5) is 11.4 Å². The summed E-state index contributed by atoms with van der Waals surface area (Å²) in [6, 6.07) is 28.0. The van der Waals surface area contributed by atoms with E-state index in [1.54, 1.807) is 18.2 Å². The zero-order chi connectivity index (χ0) is 22.3. The topological polar surface area (TPSA) is 71.3 Å². The lowest BCUT2D eigenvalue weighted by molar-refractivity contribution is -0.115. The molecule has 0 spiro atoms. The maximum Gasteiger partial charge on any atom is 0.291 e. The second-order valence-electron chi connectivity index (χ2n) is 7.17. The van der Waals surface area contributed by atoms with Gasteiger partial charge in [-0.1, -0.05) is 54.6 Å². The number of para-hydroxylation sites is 1. The Bertz CT molecular complexity index is 1210. The number of furan rings is 1. The second kappa shape index (κ2) is 10.0. The minimum atomic E-state index is -0.466. The molecule has 3 aromatic carbocycles. The van der Waals surface area contributed by atoms with Crippen molar-refractivity contribution < 1.29 is 14.0 Å². The summed E-state index contributed by atoms with van der Waals surface area (Å²) in [7, 11) is 0. The summed E-state index contributed by atoms with van der Waals surface area (Å²) < 4.78 is 5.15. The Kier molecular flexibility index (Phi) is 6.72. The van der Waals surface area contributed by atoms with Crippen LogP contribution in [-0.4, -0.2) is 11.8 Å². The SMILES string of the molecule is Cc1ccccc1NC(=O)C(Sc1cccc(NC(=O)c2ccco2)c1)c1ccccc1. The number of benzene rings is 3. The molecular formula is C26H22N2O3S. The van der Waals surface area contributed by atoms with Gasteiger partial charge < -0.3 is 15.1 Å². The standard InChI is InChI=1S/C26H22N2O3S/c1-18-9-5-6-14-22(18)28-26(30)24(19-10-3-2-4-11-19)32-21-13-7-12-20(17-21)27-25(29)23-15-8-16-31-23/h2-17,24H,1H3,(H,27,29)(H,28,30). The highest BCUT2D eigenvalue weighted by Gasteiger charge is 2.23. The highest BCUT2D eigenvalue weighted by atomic mass is 32.2. The van der Waals surface area contributed by atoms with Gasteiger partial charge in [0.25, 0.3) is 5.91 Å². The summed E-state index contributed by atoms with van der Waals surface area (Å²) in [6.07, 6.45) is 1.46. The molecular weight excluding hydrogens is 420 g/mol. The predicted molar refractivity (Wildman–Crippen MR) is 128 cm³/mol. The Hall–Kier alpha value is -3.77. The van der Waals surface area contributed by atoms with Gasteiger partial charge in [-0.2, -0.15) is 0 Å². The quantitative estimate of drug-likeness (QED) is 0.329. The first-order valence-corrected chi connectivity index (χ1v) is 11.0. The van der Waals surface area contributed by atoms with Crippen molar-refractivity contribution in [1.82, 2.24) is 0 Å². The summed E-state index contributed by atoms with van der Waals surface area (Å²) in [6.45, 7) is 1.96. The van der Waals surface area contributed by atoms with Gasteiger partial charge in [0, 0.05) is 16.3 Å². The molecule has 0 saturated heterocycles. The largest absolute Gasteiger partial charge is 0.459 e. The number of hydrogen-bond acceptors (Lipinski definition) is 4. The van der Waals surface area contributed by atoms with Gasteiger partial charge in [-0.25, -0.2) is 0 Å².